The van der Waals surface area contributed by atoms with Crippen molar-refractivity contribution in [3.8, 4) is 10.8 Å². The second-order valence-corrected chi connectivity index (χ2v) is 7.43. The topological polar surface area (TPSA) is 67.1 Å². The van der Waals surface area contributed by atoms with Crippen LogP contribution in [0, 0.1) is 6.92 Å². The van der Waals surface area contributed by atoms with Gasteiger partial charge in [-0.25, -0.2) is 4.98 Å². The van der Waals surface area contributed by atoms with Gasteiger partial charge in [-0.1, -0.05) is 35.5 Å². The fourth-order valence-electron chi connectivity index (χ4n) is 3.05. The number of benzene rings is 1. The average molecular weight is 392 g/mol. The van der Waals surface area contributed by atoms with Gasteiger partial charge in [0.05, 0.1) is 16.7 Å². The van der Waals surface area contributed by atoms with Crippen LogP contribution >= 0.6 is 23.7 Å². The average Bonchev–Trinajstić information content (AvgIpc) is 3.23. The quantitative estimate of drug-likeness (QED) is 0.737. The SMILES string of the molecule is Cc1nc(Cc2ccccc2)sc1-c1nc(C2CNCCN2C)no1.Cl. The number of likely N-dealkylation sites (N-methyl/N-ethyl adjacent to an activating group) is 1. The minimum Gasteiger partial charge on any atom is -0.333 e. The maximum atomic E-state index is 5.55. The lowest BCUT2D eigenvalue weighted by Gasteiger charge is -2.30. The van der Waals surface area contributed by atoms with Crippen molar-refractivity contribution in [1.82, 2.24) is 25.3 Å². The minimum absolute atomic E-state index is 0. The molecule has 4 rings (SSSR count). The highest BCUT2D eigenvalue weighted by molar-refractivity contribution is 7.15. The summed E-state index contributed by atoms with van der Waals surface area (Å²) in [5.74, 6) is 1.31. The number of nitrogens with zero attached hydrogens (tertiary/aromatic N) is 4. The smallest absolute Gasteiger partial charge is 0.269 e. The van der Waals surface area contributed by atoms with E-state index in [-0.39, 0.29) is 18.4 Å². The Kier molecular flexibility index (Phi) is 6.03. The summed E-state index contributed by atoms with van der Waals surface area (Å²) in [7, 11) is 2.09. The third-order valence-corrected chi connectivity index (χ3v) is 5.63. The first-order valence-electron chi connectivity index (χ1n) is 8.46. The van der Waals surface area contributed by atoms with Crippen LogP contribution in [0.25, 0.3) is 10.8 Å². The van der Waals surface area contributed by atoms with Crippen LogP contribution in [0.15, 0.2) is 34.9 Å². The second-order valence-electron chi connectivity index (χ2n) is 6.34. The van der Waals surface area contributed by atoms with Crippen LogP contribution in [0.5, 0.6) is 0 Å². The lowest BCUT2D eigenvalue weighted by atomic mass is 10.2. The van der Waals surface area contributed by atoms with Gasteiger partial charge in [0, 0.05) is 26.1 Å². The fraction of sp³-hybridized carbons (Fsp3) is 0.389. The highest BCUT2D eigenvalue weighted by Crippen LogP contribution is 2.31. The molecule has 1 aromatic carbocycles. The van der Waals surface area contributed by atoms with Gasteiger partial charge in [-0.3, -0.25) is 4.90 Å². The fourth-order valence-corrected chi connectivity index (χ4v) is 4.07. The lowest BCUT2D eigenvalue weighted by Crippen LogP contribution is -2.44. The molecule has 1 aliphatic heterocycles. The van der Waals surface area contributed by atoms with Gasteiger partial charge < -0.3 is 9.84 Å². The van der Waals surface area contributed by atoms with Gasteiger partial charge in [0.1, 0.15) is 4.88 Å². The minimum atomic E-state index is 0. The van der Waals surface area contributed by atoms with E-state index >= 15 is 0 Å². The molecule has 2 aromatic heterocycles. The summed E-state index contributed by atoms with van der Waals surface area (Å²) in [5.41, 5.74) is 2.20. The molecule has 1 fully saturated rings. The second kappa shape index (κ2) is 8.26. The molecule has 138 valence electrons. The zero-order valence-corrected chi connectivity index (χ0v) is 16.4. The van der Waals surface area contributed by atoms with Gasteiger partial charge in [-0.15, -0.1) is 23.7 Å². The van der Waals surface area contributed by atoms with Crippen LogP contribution in [0.1, 0.15) is 28.1 Å². The monoisotopic (exact) mass is 391 g/mol. The number of halogens is 1. The van der Waals surface area contributed by atoms with Gasteiger partial charge in [-0.2, -0.15) is 4.98 Å². The number of aromatic nitrogens is 3. The predicted molar refractivity (Wildman–Crippen MR) is 105 cm³/mol. The molecule has 0 bridgehead atoms. The number of piperazine rings is 1. The lowest BCUT2D eigenvalue weighted by molar-refractivity contribution is 0.190. The molecule has 1 atom stereocenters. The van der Waals surface area contributed by atoms with Crippen molar-refractivity contribution in [3.05, 3.63) is 52.4 Å². The predicted octanol–water partition coefficient (Wildman–Crippen LogP) is 3.09. The summed E-state index contributed by atoms with van der Waals surface area (Å²) in [6.07, 6.45) is 0.822. The van der Waals surface area contributed by atoms with E-state index in [1.165, 1.54) is 5.56 Å². The van der Waals surface area contributed by atoms with Gasteiger partial charge in [0.25, 0.3) is 5.89 Å². The maximum absolute atomic E-state index is 5.55. The van der Waals surface area contributed by atoms with E-state index in [0.717, 1.165) is 47.5 Å². The summed E-state index contributed by atoms with van der Waals surface area (Å²) >= 11 is 1.63. The van der Waals surface area contributed by atoms with Crippen molar-refractivity contribution in [1.29, 1.82) is 0 Å². The Morgan fingerprint density at radius 1 is 1.27 bits per heavy atom. The van der Waals surface area contributed by atoms with Crippen molar-refractivity contribution in [2.75, 3.05) is 26.7 Å². The van der Waals surface area contributed by atoms with E-state index in [0.29, 0.717) is 5.89 Å². The molecule has 8 heteroatoms. The molecular formula is C18H22ClN5OS. The third-order valence-electron chi connectivity index (χ3n) is 4.48. The summed E-state index contributed by atoms with van der Waals surface area (Å²) in [5, 5.41) is 8.66. The normalized spacial score (nSPS) is 17.8. The van der Waals surface area contributed by atoms with E-state index in [9.17, 15) is 0 Å². The van der Waals surface area contributed by atoms with Gasteiger partial charge in [0.15, 0.2) is 5.82 Å². The summed E-state index contributed by atoms with van der Waals surface area (Å²) < 4.78 is 5.55. The van der Waals surface area contributed by atoms with Crippen LogP contribution < -0.4 is 5.32 Å². The molecule has 6 nitrogen and oxygen atoms in total. The molecule has 1 unspecified atom stereocenters. The molecule has 0 radical (unpaired) electrons. The molecule has 0 spiro atoms. The third kappa shape index (κ3) is 3.96. The molecule has 3 heterocycles. The maximum Gasteiger partial charge on any atom is 0.269 e. The zero-order valence-electron chi connectivity index (χ0n) is 14.8. The zero-order chi connectivity index (χ0) is 17.2. The van der Waals surface area contributed by atoms with E-state index in [1.807, 2.05) is 13.0 Å². The molecule has 26 heavy (non-hydrogen) atoms. The van der Waals surface area contributed by atoms with E-state index in [4.69, 9.17) is 4.52 Å². The van der Waals surface area contributed by atoms with E-state index in [2.05, 4.69) is 56.7 Å². The first-order valence-corrected chi connectivity index (χ1v) is 9.27. The Balaban J connectivity index is 0.00000196. The van der Waals surface area contributed by atoms with Crippen LogP contribution in [0.3, 0.4) is 0 Å². The first-order chi connectivity index (χ1) is 12.2. The van der Waals surface area contributed by atoms with Crippen molar-refractivity contribution in [2.45, 2.75) is 19.4 Å². The highest BCUT2D eigenvalue weighted by atomic mass is 35.5. The molecular weight excluding hydrogens is 370 g/mol. The van der Waals surface area contributed by atoms with Crippen molar-refractivity contribution < 1.29 is 4.52 Å². The summed E-state index contributed by atoms with van der Waals surface area (Å²) in [6.45, 7) is 4.82. The van der Waals surface area contributed by atoms with Crippen LogP contribution in [-0.4, -0.2) is 46.7 Å². The largest absolute Gasteiger partial charge is 0.333 e. The van der Waals surface area contributed by atoms with Crippen LogP contribution in [0.2, 0.25) is 0 Å². The number of rotatable bonds is 4. The summed E-state index contributed by atoms with van der Waals surface area (Å²) in [4.78, 5) is 12.6. The number of nitrogens with one attached hydrogen (secondary N) is 1. The Morgan fingerprint density at radius 3 is 2.85 bits per heavy atom. The Bertz CT molecular complexity index is 850. The molecule has 3 aromatic rings. The number of hydrogen-bond acceptors (Lipinski definition) is 7. The molecule has 1 saturated heterocycles. The Morgan fingerprint density at radius 2 is 2.08 bits per heavy atom. The van der Waals surface area contributed by atoms with E-state index < -0.39 is 0 Å². The number of thiazole rings is 1. The van der Waals surface area contributed by atoms with Crippen LogP contribution in [0.4, 0.5) is 0 Å². The Hall–Kier alpha value is -1.80. The molecule has 0 saturated carbocycles. The van der Waals surface area contributed by atoms with Gasteiger partial charge in [-0.05, 0) is 19.5 Å². The molecule has 0 amide bonds. The Labute approximate surface area is 163 Å². The van der Waals surface area contributed by atoms with Gasteiger partial charge >= 0.3 is 0 Å². The highest BCUT2D eigenvalue weighted by Gasteiger charge is 2.26. The van der Waals surface area contributed by atoms with Gasteiger partial charge in [0.2, 0.25) is 0 Å². The van der Waals surface area contributed by atoms with Crippen LogP contribution in [-0.2, 0) is 6.42 Å². The first kappa shape index (κ1) is 19.0. The summed E-state index contributed by atoms with van der Waals surface area (Å²) in [6, 6.07) is 10.5. The molecule has 1 N–H and O–H groups in total. The molecule has 0 aliphatic carbocycles. The standard InChI is InChI=1S/C18H21N5OS.ClH/c1-12-16(25-15(20-12)10-13-6-4-3-5-7-13)18-21-17(22-24-18)14-11-19-8-9-23(14)2;/h3-7,14,19H,8-11H2,1-2H3;1H. The van der Waals surface area contributed by atoms with Crippen molar-refractivity contribution >= 4 is 23.7 Å². The molecule has 1 aliphatic rings. The van der Waals surface area contributed by atoms with Crippen molar-refractivity contribution in [3.63, 3.8) is 0 Å². The number of aryl methyl sites for hydroxylation is 1. The van der Waals surface area contributed by atoms with Crippen molar-refractivity contribution in [2.24, 2.45) is 0 Å². The van der Waals surface area contributed by atoms with E-state index in [1.54, 1.807) is 11.3 Å². The number of hydrogen-bond donors (Lipinski definition) is 1.